The van der Waals surface area contributed by atoms with Crippen LogP contribution in [-0.2, 0) is 0 Å². The summed E-state index contributed by atoms with van der Waals surface area (Å²) in [6, 6.07) is 11.6. The molecule has 0 unspecified atom stereocenters. The molecule has 0 atom stereocenters. The van der Waals surface area contributed by atoms with E-state index in [-0.39, 0.29) is 33.3 Å². The van der Waals surface area contributed by atoms with E-state index in [4.69, 9.17) is 11.6 Å². The zero-order valence-electron chi connectivity index (χ0n) is 16.6. The minimum absolute atomic E-state index is 0.0244. The van der Waals surface area contributed by atoms with Gasteiger partial charge in [0, 0.05) is 24.5 Å². The smallest absolute Gasteiger partial charge is 0.257 e. The molecule has 0 aliphatic heterocycles. The van der Waals surface area contributed by atoms with Gasteiger partial charge >= 0.3 is 0 Å². The molecule has 2 aromatic carbocycles. The summed E-state index contributed by atoms with van der Waals surface area (Å²) in [5.41, 5.74) is 2.61. The van der Waals surface area contributed by atoms with E-state index in [1.807, 2.05) is 31.2 Å². The van der Waals surface area contributed by atoms with Crippen LogP contribution in [0, 0.1) is 19.7 Å². The van der Waals surface area contributed by atoms with Gasteiger partial charge in [-0.05, 0) is 43.7 Å². The second kappa shape index (κ2) is 8.92. The van der Waals surface area contributed by atoms with Crippen molar-refractivity contribution in [3.8, 4) is 0 Å². The molecule has 0 aliphatic rings. The summed E-state index contributed by atoms with van der Waals surface area (Å²) >= 11 is 6.16. The van der Waals surface area contributed by atoms with Crippen molar-refractivity contribution in [1.82, 2.24) is 10.3 Å². The third kappa shape index (κ3) is 4.41. The van der Waals surface area contributed by atoms with Gasteiger partial charge in [-0.25, -0.2) is 9.37 Å². The van der Waals surface area contributed by atoms with Crippen LogP contribution in [0.3, 0.4) is 0 Å². The van der Waals surface area contributed by atoms with Crippen molar-refractivity contribution in [1.29, 1.82) is 0 Å². The predicted octanol–water partition coefficient (Wildman–Crippen LogP) is 4.85. The van der Waals surface area contributed by atoms with Crippen molar-refractivity contribution in [3.63, 3.8) is 0 Å². The Morgan fingerprint density at radius 2 is 1.77 bits per heavy atom. The highest BCUT2D eigenvalue weighted by molar-refractivity contribution is 6.35. The van der Waals surface area contributed by atoms with Gasteiger partial charge < -0.3 is 16.0 Å². The van der Waals surface area contributed by atoms with Gasteiger partial charge in [0.25, 0.3) is 11.8 Å². The summed E-state index contributed by atoms with van der Waals surface area (Å²) in [6.45, 7) is 3.42. The first-order valence-corrected chi connectivity index (χ1v) is 9.50. The number of nitrogens with one attached hydrogen (secondary N) is 3. The Morgan fingerprint density at radius 3 is 2.47 bits per heavy atom. The normalized spacial score (nSPS) is 10.4. The Hall–Kier alpha value is -3.45. The summed E-state index contributed by atoms with van der Waals surface area (Å²) in [5, 5.41) is 8.43. The van der Waals surface area contributed by atoms with Gasteiger partial charge in [-0.1, -0.05) is 29.8 Å². The fraction of sp³-hybridized carbons (Fsp3) is 0.136. The van der Waals surface area contributed by atoms with Crippen molar-refractivity contribution in [2.24, 2.45) is 0 Å². The number of anilines is 3. The average Bonchev–Trinajstić information content (AvgIpc) is 2.74. The van der Waals surface area contributed by atoms with E-state index in [9.17, 15) is 14.0 Å². The maximum atomic E-state index is 13.7. The monoisotopic (exact) mass is 426 g/mol. The van der Waals surface area contributed by atoms with Crippen LogP contribution in [0.15, 0.2) is 48.7 Å². The first kappa shape index (κ1) is 21.3. The van der Waals surface area contributed by atoms with Crippen LogP contribution < -0.4 is 16.0 Å². The van der Waals surface area contributed by atoms with Crippen LogP contribution >= 0.6 is 11.6 Å². The quantitative estimate of drug-likeness (QED) is 0.544. The Labute approximate surface area is 178 Å². The van der Waals surface area contributed by atoms with Crippen LogP contribution in [0.25, 0.3) is 0 Å². The first-order chi connectivity index (χ1) is 14.3. The van der Waals surface area contributed by atoms with E-state index in [1.54, 1.807) is 0 Å². The molecule has 0 bridgehead atoms. The number of amides is 2. The number of para-hydroxylation sites is 1. The highest BCUT2D eigenvalue weighted by Gasteiger charge is 2.18. The number of carbonyl (C=O) groups is 2. The van der Waals surface area contributed by atoms with E-state index >= 15 is 0 Å². The molecule has 0 saturated carbocycles. The predicted molar refractivity (Wildman–Crippen MR) is 116 cm³/mol. The molecule has 3 aromatic rings. The third-order valence-electron chi connectivity index (χ3n) is 4.59. The Morgan fingerprint density at radius 1 is 1.03 bits per heavy atom. The minimum atomic E-state index is -0.549. The van der Waals surface area contributed by atoms with Gasteiger partial charge in [-0.3, -0.25) is 9.59 Å². The van der Waals surface area contributed by atoms with Crippen LogP contribution in [-0.4, -0.2) is 23.8 Å². The number of pyridine rings is 1. The lowest BCUT2D eigenvalue weighted by Gasteiger charge is -2.15. The Balaban J connectivity index is 2.00. The number of halogens is 2. The number of benzene rings is 2. The molecule has 3 N–H and O–H groups in total. The molecule has 0 spiro atoms. The number of aromatic nitrogens is 1. The first-order valence-electron chi connectivity index (χ1n) is 9.12. The van der Waals surface area contributed by atoms with Crippen molar-refractivity contribution in [3.05, 3.63) is 81.8 Å². The molecular formula is C22H20ClFN4O2. The van der Waals surface area contributed by atoms with Gasteiger partial charge in [0.15, 0.2) is 5.82 Å². The number of aryl methyl sites for hydroxylation is 1. The van der Waals surface area contributed by atoms with Crippen LogP contribution in [0.2, 0.25) is 5.02 Å². The molecule has 1 aromatic heterocycles. The van der Waals surface area contributed by atoms with E-state index in [2.05, 4.69) is 20.9 Å². The molecule has 2 amide bonds. The molecular weight excluding hydrogens is 407 g/mol. The summed E-state index contributed by atoms with van der Waals surface area (Å²) in [6.07, 6.45) is 1.41. The fourth-order valence-corrected chi connectivity index (χ4v) is 3.03. The Bertz CT molecular complexity index is 1130. The summed E-state index contributed by atoms with van der Waals surface area (Å²) in [5.74, 6) is -1.05. The standard InChI is InChI=1S/C22H20ClFN4O2/c1-12-6-4-5-7-17(12)27-20-18(10-14(11-26-20)21(29)25-3)28-22(30)15-8-9-16(24)13(2)19(15)23/h4-11H,1-3H3,(H,25,29)(H,26,27)(H,28,30). The molecule has 0 saturated heterocycles. The number of carbonyl (C=O) groups excluding carboxylic acids is 2. The molecule has 1 heterocycles. The van der Waals surface area contributed by atoms with Gasteiger partial charge in [-0.2, -0.15) is 0 Å². The second-order valence-corrected chi connectivity index (χ2v) is 7.01. The maximum absolute atomic E-state index is 13.7. The Kier molecular flexibility index (Phi) is 6.32. The summed E-state index contributed by atoms with van der Waals surface area (Å²) in [4.78, 5) is 29.2. The lowest BCUT2D eigenvalue weighted by atomic mass is 10.1. The van der Waals surface area contributed by atoms with Crippen LogP contribution in [0.1, 0.15) is 31.8 Å². The van der Waals surface area contributed by atoms with E-state index < -0.39 is 11.7 Å². The zero-order valence-corrected chi connectivity index (χ0v) is 17.4. The summed E-state index contributed by atoms with van der Waals surface area (Å²) in [7, 11) is 1.50. The van der Waals surface area contributed by atoms with E-state index in [0.29, 0.717) is 5.82 Å². The highest BCUT2D eigenvalue weighted by atomic mass is 35.5. The lowest BCUT2D eigenvalue weighted by molar-refractivity contribution is 0.0961. The molecule has 30 heavy (non-hydrogen) atoms. The van der Waals surface area contributed by atoms with Gasteiger partial charge in [0.2, 0.25) is 0 Å². The molecule has 8 heteroatoms. The van der Waals surface area contributed by atoms with Crippen molar-refractivity contribution in [2.45, 2.75) is 13.8 Å². The zero-order chi connectivity index (χ0) is 21.8. The number of hydrogen-bond acceptors (Lipinski definition) is 4. The number of rotatable bonds is 5. The molecule has 3 rings (SSSR count). The highest BCUT2D eigenvalue weighted by Crippen LogP contribution is 2.28. The minimum Gasteiger partial charge on any atom is -0.355 e. The molecule has 0 radical (unpaired) electrons. The molecule has 0 fully saturated rings. The summed E-state index contributed by atoms with van der Waals surface area (Å²) < 4.78 is 13.7. The largest absolute Gasteiger partial charge is 0.355 e. The molecule has 0 aliphatic carbocycles. The van der Waals surface area contributed by atoms with Gasteiger partial charge in [0.05, 0.1) is 21.8 Å². The van der Waals surface area contributed by atoms with E-state index in [0.717, 1.165) is 11.3 Å². The average molecular weight is 427 g/mol. The third-order valence-corrected chi connectivity index (χ3v) is 5.08. The number of hydrogen-bond donors (Lipinski definition) is 3. The van der Waals surface area contributed by atoms with Gasteiger partial charge in [-0.15, -0.1) is 0 Å². The topological polar surface area (TPSA) is 83.1 Å². The maximum Gasteiger partial charge on any atom is 0.257 e. The van der Waals surface area contributed by atoms with Crippen LogP contribution in [0.4, 0.5) is 21.6 Å². The number of nitrogens with zero attached hydrogens (tertiary/aromatic N) is 1. The lowest BCUT2D eigenvalue weighted by Crippen LogP contribution is -2.20. The van der Waals surface area contributed by atoms with Gasteiger partial charge in [0.1, 0.15) is 5.82 Å². The van der Waals surface area contributed by atoms with Crippen molar-refractivity contribution >= 4 is 40.6 Å². The molecule has 154 valence electrons. The van der Waals surface area contributed by atoms with Crippen LogP contribution in [0.5, 0.6) is 0 Å². The SMILES string of the molecule is CNC(=O)c1cnc(Nc2ccccc2C)c(NC(=O)c2ccc(F)c(C)c2Cl)c1. The molecule has 6 nitrogen and oxygen atoms in total. The van der Waals surface area contributed by atoms with Crippen molar-refractivity contribution < 1.29 is 14.0 Å². The van der Waals surface area contributed by atoms with E-state index in [1.165, 1.54) is 38.4 Å². The second-order valence-electron chi connectivity index (χ2n) is 6.63. The fourth-order valence-electron chi connectivity index (χ4n) is 2.80. The van der Waals surface area contributed by atoms with Crippen molar-refractivity contribution in [2.75, 3.05) is 17.7 Å².